The summed E-state index contributed by atoms with van der Waals surface area (Å²) in [5.41, 5.74) is 1.29. The first-order valence-electron chi connectivity index (χ1n) is 5.50. The number of benzene rings is 1. The van der Waals surface area contributed by atoms with Crippen LogP contribution in [-0.2, 0) is 4.79 Å². The van der Waals surface area contributed by atoms with E-state index in [1.54, 1.807) is 0 Å². The monoisotopic (exact) mass is 240 g/mol. The normalized spacial score (nSPS) is 10.5. The molecule has 0 unspecified atom stereocenters. The lowest BCUT2D eigenvalue weighted by molar-refractivity contribution is -0.111. The van der Waals surface area contributed by atoms with Crippen LogP contribution in [0.5, 0.6) is 5.75 Å². The number of carbonyl (C=O) groups is 1. The van der Waals surface area contributed by atoms with E-state index in [1.165, 1.54) is 5.56 Å². The fourth-order valence-electron chi connectivity index (χ4n) is 1.35. The quantitative estimate of drug-likeness (QED) is 0.559. The molecule has 88 valence electrons. The van der Waals surface area contributed by atoms with E-state index < -0.39 is 0 Å². The van der Waals surface area contributed by atoms with E-state index in [0.29, 0.717) is 25.4 Å². The smallest absolute Gasteiger partial charge is 0.221 e. The summed E-state index contributed by atoms with van der Waals surface area (Å²) in [6.45, 7) is 4.84. The molecule has 0 saturated carbocycles. The van der Waals surface area contributed by atoms with Gasteiger partial charge in [-0.2, -0.15) is 0 Å². The molecule has 0 bridgehead atoms. The van der Waals surface area contributed by atoms with E-state index in [0.717, 1.165) is 5.75 Å². The number of halogens is 1. The van der Waals surface area contributed by atoms with Gasteiger partial charge in [-0.3, -0.25) is 4.79 Å². The van der Waals surface area contributed by atoms with Crippen LogP contribution in [0.15, 0.2) is 24.3 Å². The van der Waals surface area contributed by atoms with Crippen molar-refractivity contribution >= 4 is 16.8 Å². The van der Waals surface area contributed by atoms with E-state index in [9.17, 15) is 4.79 Å². The van der Waals surface area contributed by atoms with Gasteiger partial charge in [0.15, 0.2) is 0 Å². The molecular weight excluding hydrogens is 224 g/mol. The van der Waals surface area contributed by atoms with Gasteiger partial charge in [-0.25, -0.2) is 0 Å². The molecule has 2 nitrogen and oxygen atoms in total. The summed E-state index contributed by atoms with van der Waals surface area (Å²) in [5, 5.41) is -0.307. The summed E-state index contributed by atoms with van der Waals surface area (Å²) >= 11 is 5.22. The first-order valence-corrected chi connectivity index (χ1v) is 5.88. The van der Waals surface area contributed by atoms with Gasteiger partial charge < -0.3 is 4.74 Å². The summed E-state index contributed by atoms with van der Waals surface area (Å²) in [6.07, 6.45) is 1.03. The van der Waals surface area contributed by atoms with Crippen LogP contribution in [-0.4, -0.2) is 11.8 Å². The Hall–Kier alpha value is -1.02. The highest BCUT2D eigenvalue weighted by Crippen LogP contribution is 2.18. The van der Waals surface area contributed by atoms with Gasteiger partial charge in [0.1, 0.15) is 5.75 Å². The molecule has 1 aromatic carbocycles. The van der Waals surface area contributed by atoms with E-state index in [1.807, 2.05) is 12.1 Å². The van der Waals surface area contributed by atoms with E-state index in [4.69, 9.17) is 16.3 Å². The fourth-order valence-corrected chi connectivity index (χ4v) is 1.48. The highest BCUT2D eigenvalue weighted by molar-refractivity contribution is 6.63. The maximum Gasteiger partial charge on any atom is 0.221 e. The Morgan fingerprint density at radius 2 is 1.94 bits per heavy atom. The highest BCUT2D eigenvalue weighted by Gasteiger charge is 2.00. The molecule has 3 heteroatoms. The molecule has 0 aliphatic carbocycles. The van der Waals surface area contributed by atoms with Gasteiger partial charge in [0.05, 0.1) is 6.61 Å². The zero-order valence-electron chi connectivity index (χ0n) is 9.70. The van der Waals surface area contributed by atoms with Gasteiger partial charge in [0, 0.05) is 6.42 Å². The molecule has 1 aromatic rings. The molecular formula is C13H17ClO2. The van der Waals surface area contributed by atoms with Crippen LogP contribution in [0.2, 0.25) is 0 Å². The first-order chi connectivity index (χ1) is 7.59. The lowest BCUT2D eigenvalue weighted by Gasteiger charge is -2.08. The van der Waals surface area contributed by atoms with Gasteiger partial charge in [-0.15, -0.1) is 0 Å². The second-order valence-corrected chi connectivity index (χ2v) is 4.45. The van der Waals surface area contributed by atoms with E-state index in [2.05, 4.69) is 26.0 Å². The average Bonchev–Trinajstić information content (AvgIpc) is 2.25. The van der Waals surface area contributed by atoms with Gasteiger partial charge in [0.25, 0.3) is 0 Å². The topological polar surface area (TPSA) is 26.3 Å². The fraction of sp³-hybridized carbons (Fsp3) is 0.462. The van der Waals surface area contributed by atoms with Gasteiger partial charge in [0.2, 0.25) is 5.24 Å². The maximum atomic E-state index is 10.5. The van der Waals surface area contributed by atoms with E-state index in [-0.39, 0.29) is 5.24 Å². The Kier molecular flexibility index (Phi) is 5.33. The maximum absolute atomic E-state index is 10.5. The molecule has 0 amide bonds. The first kappa shape index (κ1) is 13.0. The lowest BCUT2D eigenvalue weighted by Crippen LogP contribution is -1.99. The molecule has 0 radical (unpaired) electrons. The Labute approximate surface area is 102 Å². The summed E-state index contributed by atoms with van der Waals surface area (Å²) < 4.78 is 5.48. The number of carbonyl (C=O) groups excluding carboxylic acids is 1. The Balaban J connectivity index is 2.35. The van der Waals surface area contributed by atoms with Gasteiger partial charge in [-0.05, 0) is 41.6 Å². The van der Waals surface area contributed by atoms with Crippen LogP contribution in [0, 0.1) is 0 Å². The van der Waals surface area contributed by atoms with Crippen molar-refractivity contribution in [2.24, 2.45) is 0 Å². The van der Waals surface area contributed by atoms with Crippen molar-refractivity contribution in [3.8, 4) is 5.75 Å². The predicted octanol–water partition coefficient (Wildman–Crippen LogP) is 3.73. The molecule has 1 rings (SSSR count). The van der Waals surface area contributed by atoms with Crippen molar-refractivity contribution in [3.63, 3.8) is 0 Å². The molecule has 16 heavy (non-hydrogen) atoms. The summed E-state index contributed by atoms with van der Waals surface area (Å²) in [5.74, 6) is 1.37. The number of ether oxygens (including phenoxy) is 1. The number of hydrogen-bond donors (Lipinski definition) is 0. The lowest BCUT2D eigenvalue weighted by atomic mass is 10.0. The third-order valence-corrected chi connectivity index (χ3v) is 2.52. The van der Waals surface area contributed by atoms with Crippen molar-refractivity contribution in [1.29, 1.82) is 0 Å². The summed E-state index contributed by atoms with van der Waals surface area (Å²) in [7, 11) is 0. The predicted molar refractivity (Wildman–Crippen MR) is 66.1 cm³/mol. The molecule has 0 saturated heterocycles. The molecule has 0 N–H and O–H groups in total. The van der Waals surface area contributed by atoms with Crippen LogP contribution in [0.1, 0.15) is 38.2 Å². The molecule has 0 heterocycles. The standard InChI is InChI=1S/C13H17ClO2/c1-10(2)11-5-7-12(8-6-11)16-9-3-4-13(14)15/h5-8,10H,3-4,9H2,1-2H3. The van der Waals surface area contributed by atoms with Crippen molar-refractivity contribution in [2.45, 2.75) is 32.6 Å². The zero-order valence-corrected chi connectivity index (χ0v) is 10.5. The number of hydrogen-bond acceptors (Lipinski definition) is 2. The summed E-state index contributed by atoms with van der Waals surface area (Å²) in [4.78, 5) is 10.5. The molecule has 0 aliphatic rings. The third-order valence-electron chi connectivity index (χ3n) is 2.33. The second-order valence-electron chi connectivity index (χ2n) is 4.03. The molecule has 0 fully saturated rings. The molecule has 0 aromatic heterocycles. The Morgan fingerprint density at radius 1 is 1.31 bits per heavy atom. The zero-order chi connectivity index (χ0) is 12.0. The van der Waals surface area contributed by atoms with Gasteiger partial charge in [-0.1, -0.05) is 26.0 Å². The van der Waals surface area contributed by atoms with Crippen molar-refractivity contribution in [1.82, 2.24) is 0 Å². The minimum atomic E-state index is -0.307. The Morgan fingerprint density at radius 3 is 2.44 bits per heavy atom. The molecule has 0 aliphatic heterocycles. The van der Waals surface area contributed by atoms with Crippen molar-refractivity contribution < 1.29 is 9.53 Å². The SMILES string of the molecule is CC(C)c1ccc(OCCCC(=O)Cl)cc1. The van der Waals surface area contributed by atoms with Crippen LogP contribution in [0.3, 0.4) is 0 Å². The van der Waals surface area contributed by atoms with Crippen molar-refractivity contribution in [2.75, 3.05) is 6.61 Å². The van der Waals surface area contributed by atoms with E-state index >= 15 is 0 Å². The molecule has 0 atom stereocenters. The molecule has 0 spiro atoms. The third kappa shape index (κ3) is 4.67. The second kappa shape index (κ2) is 6.54. The summed E-state index contributed by atoms with van der Waals surface area (Å²) in [6, 6.07) is 8.04. The number of rotatable bonds is 6. The van der Waals surface area contributed by atoms with Crippen LogP contribution in [0.25, 0.3) is 0 Å². The van der Waals surface area contributed by atoms with Crippen LogP contribution < -0.4 is 4.74 Å². The highest BCUT2D eigenvalue weighted by atomic mass is 35.5. The average molecular weight is 241 g/mol. The largest absolute Gasteiger partial charge is 0.494 e. The van der Waals surface area contributed by atoms with Crippen LogP contribution in [0.4, 0.5) is 0 Å². The minimum absolute atomic E-state index is 0.307. The van der Waals surface area contributed by atoms with Crippen molar-refractivity contribution in [3.05, 3.63) is 29.8 Å². The Bertz CT molecular complexity index is 330. The van der Waals surface area contributed by atoms with Gasteiger partial charge >= 0.3 is 0 Å². The minimum Gasteiger partial charge on any atom is -0.494 e. The van der Waals surface area contributed by atoms with Crippen LogP contribution >= 0.6 is 11.6 Å².